The molecule has 3 aromatic rings. The van der Waals surface area contributed by atoms with Gasteiger partial charge in [-0.1, -0.05) is 17.7 Å². The summed E-state index contributed by atoms with van der Waals surface area (Å²) in [5.41, 5.74) is -0.481. The lowest BCUT2D eigenvalue weighted by Gasteiger charge is -2.06. The second-order valence-electron chi connectivity index (χ2n) is 4.85. The van der Waals surface area contributed by atoms with Gasteiger partial charge in [-0.3, -0.25) is 14.9 Å². The van der Waals surface area contributed by atoms with Crippen LogP contribution in [0.3, 0.4) is 0 Å². The Hall–Kier alpha value is -3.01. The van der Waals surface area contributed by atoms with Crippen LogP contribution in [0, 0.1) is 17.0 Å². The summed E-state index contributed by atoms with van der Waals surface area (Å²) < 4.78 is 25.8. The molecule has 0 atom stereocenters. The van der Waals surface area contributed by atoms with Gasteiger partial charge < -0.3 is 0 Å². The maximum atomic E-state index is 12.6. The van der Waals surface area contributed by atoms with Gasteiger partial charge in [0.05, 0.1) is 15.2 Å². The van der Waals surface area contributed by atoms with Crippen molar-refractivity contribution in [2.24, 2.45) is 0 Å². The number of aromatic amines is 1. The predicted molar refractivity (Wildman–Crippen MR) is 80.8 cm³/mol. The molecule has 3 rings (SSSR count). The molecule has 0 amide bonds. The number of aromatic nitrogens is 3. The molecule has 1 N–H and O–H groups in total. The molecule has 0 saturated carbocycles. The fourth-order valence-electron chi connectivity index (χ4n) is 2.07. The second-order valence-corrected chi connectivity index (χ2v) is 6.63. The first kappa shape index (κ1) is 14.9. The Morgan fingerprint density at radius 2 is 1.91 bits per heavy atom. The van der Waals surface area contributed by atoms with E-state index in [4.69, 9.17) is 0 Å². The van der Waals surface area contributed by atoms with Crippen LogP contribution < -0.4 is 5.56 Å². The molecular formula is C13H10N4O5S. The minimum absolute atomic E-state index is 0.0311. The van der Waals surface area contributed by atoms with Crippen molar-refractivity contribution in [1.82, 2.24) is 14.2 Å². The van der Waals surface area contributed by atoms with Crippen LogP contribution in [0.5, 0.6) is 0 Å². The van der Waals surface area contributed by atoms with Crippen LogP contribution in [0.1, 0.15) is 5.56 Å². The molecule has 0 aliphatic rings. The standard InChI is InChI=1S/C13H10N4O5S/c1-8-2-4-10(5-3-8)23(21,22)16-12-11(13(18)15-16)6-9(7-14-12)17(19)20/h2-7H,1H3,(H,15,18). The fourth-order valence-corrected chi connectivity index (χ4v) is 3.34. The molecule has 0 saturated heterocycles. The summed E-state index contributed by atoms with van der Waals surface area (Å²) in [4.78, 5) is 25.6. The van der Waals surface area contributed by atoms with Gasteiger partial charge in [0.2, 0.25) is 0 Å². The summed E-state index contributed by atoms with van der Waals surface area (Å²) in [5.74, 6) is 0. The normalized spacial score (nSPS) is 11.7. The van der Waals surface area contributed by atoms with E-state index in [0.29, 0.717) is 4.09 Å². The topological polar surface area (TPSA) is 128 Å². The average Bonchev–Trinajstić information content (AvgIpc) is 2.85. The molecule has 2 heterocycles. The molecule has 10 heteroatoms. The number of nitro groups is 1. The Kier molecular flexibility index (Phi) is 3.25. The van der Waals surface area contributed by atoms with Crippen LogP contribution in [0.15, 0.2) is 46.2 Å². The van der Waals surface area contributed by atoms with Crippen molar-refractivity contribution in [3.05, 3.63) is 62.6 Å². The molecule has 0 aliphatic carbocycles. The van der Waals surface area contributed by atoms with E-state index in [9.17, 15) is 23.3 Å². The van der Waals surface area contributed by atoms with E-state index in [2.05, 4.69) is 10.1 Å². The molecule has 0 bridgehead atoms. The molecule has 2 aromatic heterocycles. The maximum Gasteiger partial charge on any atom is 0.288 e. The molecule has 23 heavy (non-hydrogen) atoms. The summed E-state index contributed by atoms with van der Waals surface area (Å²) in [5, 5.41) is 12.7. The molecule has 9 nitrogen and oxygen atoms in total. The minimum Gasteiger partial charge on any atom is -0.267 e. The second kappa shape index (κ2) is 5.02. The maximum absolute atomic E-state index is 12.6. The van der Waals surface area contributed by atoms with Crippen LogP contribution in [0.4, 0.5) is 5.69 Å². The Labute approximate surface area is 129 Å². The zero-order chi connectivity index (χ0) is 16.8. The molecule has 0 spiro atoms. The van der Waals surface area contributed by atoms with Crippen molar-refractivity contribution < 1.29 is 13.3 Å². The number of H-pyrrole nitrogens is 1. The number of hydrogen-bond donors (Lipinski definition) is 1. The van der Waals surface area contributed by atoms with E-state index in [1.54, 1.807) is 12.1 Å². The lowest BCUT2D eigenvalue weighted by molar-refractivity contribution is -0.385. The predicted octanol–water partition coefficient (Wildman–Crippen LogP) is 1.18. The summed E-state index contributed by atoms with van der Waals surface area (Å²) >= 11 is 0. The van der Waals surface area contributed by atoms with Gasteiger partial charge in [0.1, 0.15) is 6.20 Å². The van der Waals surface area contributed by atoms with Gasteiger partial charge in [0.15, 0.2) is 5.65 Å². The number of benzene rings is 1. The highest BCUT2D eigenvalue weighted by atomic mass is 32.2. The molecule has 0 aliphatic heterocycles. The van der Waals surface area contributed by atoms with Gasteiger partial charge in [0, 0.05) is 6.07 Å². The fraction of sp³-hybridized carbons (Fsp3) is 0.0769. The zero-order valence-electron chi connectivity index (χ0n) is 11.8. The van der Waals surface area contributed by atoms with E-state index in [0.717, 1.165) is 17.8 Å². The Morgan fingerprint density at radius 1 is 1.26 bits per heavy atom. The molecule has 0 radical (unpaired) electrons. The van der Waals surface area contributed by atoms with Crippen LogP contribution in [0.2, 0.25) is 0 Å². The number of pyridine rings is 1. The summed E-state index contributed by atoms with van der Waals surface area (Å²) in [6.07, 6.45) is 0.900. The van der Waals surface area contributed by atoms with Crippen molar-refractivity contribution in [1.29, 1.82) is 0 Å². The van der Waals surface area contributed by atoms with Gasteiger partial charge in [-0.25, -0.2) is 10.1 Å². The van der Waals surface area contributed by atoms with Gasteiger partial charge >= 0.3 is 0 Å². The monoisotopic (exact) mass is 334 g/mol. The van der Waals surface area contributed by atoms with Crippen molar-refractivity contribution in [2.45, 2.75) is 11.8 Å². The highest BCUT2D eigenvalue weighted by Gasteiger charge is 2.23. The van der Waals surface area contributed by atoms with Gasteiger partial charge in [-0.05, 0) is 19.1 Å². The van der Waals surface area contributed by atoms with E-state index in [1.165, 1.54) is 12.1 Å². The van der Waals surface area contributed by atoms with Crippen molar-refractivity contribution in [3.8, 4) is 0 Å². The van der Waals surface area contributed by atoms with Crippen molar-refractivity contribution >= 4 is 26.7 Å². The SMILES string of the molecule is Cc1ccc(S(=O)(=O)n2[nH]c(=O)c3cc([N+](=O)[O-])cnc32)cc1. The first-order valence-electron chi connectivity index (χ1n) is 6.38. The smallest absolute Gasteiger partial charge is 0.267 e. The van der Waals surface area contributed by atoms with E-state index in [-0.39, 0.29) is 15.9 Å². The third kappa shape index (κ3) is 2.38. The molecular weight excluding hydrogens is 324 g/mol. The van der Waals surface area contributed by atoms with Gasteiger partial charge in [-0.15, -0.1) is 0 Å². The third-order valence-corrected chi connectivity index (χ3v) is 4.88. The van der Waals surface area contributed by atoms with E-state index in [1.807, 2.05) is 6.92 Å². The number of hydrogen-bond acceptors (Lipinski definition) is 6. The molecule has 1 aromatic carbocycles. The summed E-state index contributed by atoms with van der Waals surface area (Å²) in [6.45, 7) is 1.81. The Bertz CT molecular complexity index is 1080. The number of rotatable bonds is 3. The molecule has 118 valence electrons. The molecule has 0 fully saturated rings. The van der Waals surface area contributed by atoms with E-state index >= 15 is 0 Å². The van der Waals surface area contributed by atoms with Crippen LogP contribution in [0.25, 0.3) is 11.0 Å². The quantitative estimate of drug-likeness (QED) is 0.566. The van der Waals surface area contributed by atoms with E-state index < -0.39 is 26.2 Å². The highest BCUT2D eigenvalue weighted by Crippen LogP contribution is 2.20. The number of aryl methyl sites for hydroxylation is 1. The Balaban J connectivity index is 2.26. The van der Waals surface area contributed by atoms with Crippen molar-refractivity contribution in [3.63, 3.8) is 0 Å². The summed E-state index contributed by atoms with van der Waals surface area (Å²) in [7, 11) is -4.07. The Morgan fingerprint density at radius 3 is 2.52 bits per heavy atom. The molecule has 0 unspecified atom stereocenters. The lowest BCUT2D eigenvalue weighted by Crippen LogP contribution is -2.17. The number of nitrogens with zero attached hydrogens (tertiary/aromatic N) is 3. The van der Waals surface area contributed by atoms with Crippen LogP contribution >= 0.6 is 0 Å². The zero-order valence-corrected chi connectivity index (χ0v) is 12.6. The highest BCUT2D eigenvalue weighted by molar-refractivity contribution is 7.90. The van der Waals surface area contributed by atoms with Crippen LogP contribution in [-0.2, 0) is 10.0 Å². The first-order valence-corrected chi connectivity index (χ1v) is 7.82. The largest absolute Gasteiger partial charge is 0.288 e. The van der Waals surface area contributed by atoms with Gasteiger partial charge in [0.25, 0.3) is 21.3 Å². The summed E-state index contributed by atoms with van der Waals surface area (Å²) in [6, 6.07) is 7.03. The van der Waals surface area contributed by atoms with Crippen LogP contribution in [-0.4, -0.2) is 27.5 Å². The van der Waals surface area contributed by atoms with Crippen molar-refractivity contribution in [2.75, 3.05) is 0 Å². The van der Waals surface area contributed by atoms with Gasteiger partial charge in [-0.2, -0.15) is 12.5 Å². The minimum atomic E-state index is -4.07. The lowest BCUT2D eigenvalue weighted by atomic mass is 10.2. The number of nitrogens with one attached hydrogen (secondary N) is 1. The first-order chi connectivity index (χ1) is 10.8. The number of fused-ring (bicyclic) bond motifs is 1. The third-order valence-electron chi connectivity index (χ3n) is 3.26. The average molecular weight is 334 g/mol.